The highest BCUT2D eigenvalue weighted by Gasteiger charge is 1.92. The number of aliphatic hydroxyl groups excluding tert-OH is 1. The number of benzene rings is 1. The van der Waals surface area contributed by atoms with Gasteiger partial charge in [0.25, 0.3) is 0 Å². The van der Waals surface area contributed by atoms with Gasteiger partial charge in [0.05, 0.1) is 6.61 Å². The van der Waals surface area contributed by atoms with Gasteiger partial charge in [-0.05, 0) is 17.7 Å². The summed E-state index contributed by atoms with van der Waals surface area (Å²) >= 11 is 1.59. The summed E-state index contributed by atoms with van der Waals surface area (Å²) in [6, 6.07) is 7.79. The average molecular weight is 198 g/mol. The summed E-state index contributed by atoms with van der Waals surface area (Å²) in [4.78, 5) is 0. The Kier molecular flexibility index (Phi) is 4.67. The molecular weight excluding hydrogens is 184 g/mol. The maximum absolute atomic E-state index is 8.51. The first-order chi connectivity index (χ1) is 6.33. The molecule has 0 aromatic heterocycles. The minimum atomic E-state index is 0.175. The molecule has 1 aromatic carbocycles. The van der Waals surface area contributed by atoms with Crippen molar-refractivity contribution in [2.75, 3.05) is 18.9 Å². The molecule has 0 fully saturated rings. The standard InChI is InChI=1S/C9H14N2OS/c10-9-3-1-8(2-4-9)7-13-11-5-6-12/h1-4,11-12H,5-7,10H2. The molecule has 0 bridgehead atoms. The van der Waals surface area contributed by atoms with Crippen molar-refractivity contribution in [1.82, 2.24) is 4.72 Å². The summed E-state index contributed by atoms with van der Waals surface area (Å²) in [5, 5.41) is 8.51. The Morgan fingerprint density at radius 1 is 1.31 bits per heavy atom. The minimum absolute atomic E-state index is 0.175. The van der Waals surface area contributed by atoms with Crippen molar-refractivity contribution in [3.63, 3.8) is 0 Å². The van der Waals surface area contributed by atoms with Crippen LogP contribution < -0.4 is 10.5 Å². The summed E-state index contributed by atoms with van der Waals surface area (Å²) in [7, 11) is 0. The van der Waals surface area contributed by atoms with Crippen LogP contribution in [0.4, 0.5) is 5.69 Å². The van der Waals surface area contributed by atoms with Gasteiger partial charge in [-0.1, -0.05) is 24.1 Å². The van der Waals surface area contributed by atoms with Crippen molar-refractivity contribution < 1.29 is 5.11 Å². The number of aliphatic hydroxyl groups is 1. The van der Waals surface area contributed by atoms with Gasteiger partial charge in [-0.25, -0.2) is 0 Å². The molecule has 0 saturated carbocycles. The molecule has 3 nitrogen and oxygen atoms in total. The van der Waals surface area contributed by atoms with Crippen LogP contribution in [-0.2, 0) is 5.75 Å². The van der Waals surface area contributed by atoms with Gasteiger partial charge in [0.2, 0.25) is 0 Å². The van der Waals surface area contributed by atoms with Crippen LogP contribution in [0.1, 0.15) is 5.56 Å². The fourth-order valence-electron chi connectivity index (χ4n) is 0.866. The smallest absolute Gasteiger partial charge is 0.0565 e. The largest absolute Gasteiger partial charge is 0.399 e. The Morgan fingerprint density at radius 3 is 2.62 bits per heavy atom. The second-order valence-corrected chi connectivity index (χ2v) is 3.51. The first-order valence-corrected chi connectivity index (χ1v) is 5.11. The summed E-state index contributed by atoms with van der Waals surface area (Å²) in [6.07, 6.45) is 0. The van der Waals surface area contributed by atoms with Crippen molar-refractivity contribution in [3.8, 4) is 0 Å². The zero-order valence-electron chi connectivity index (χ0n) is 7.36. The van der Waals surface area contributed by atoms with E-state index in [4.69, 9.17) is 10.8 Å². The average Bonchev–Trinajstić information content (AvgIpc) is 2.15. The van der Waals surface area contributed by atoms with E-state index in [-0.39, 0.29) is 6.61 Å². The molecule has 0 atom stereocenters. The van der Waals surface area contributed by atoms with Gasteiger partial charge in [0.1, 0.15) is 0 Å². The molecule has 4 N–H and O–H groups in total. The normalized spacial score (nSPS) is 10.2. The molecule has 4 heteroatoms. The van der Waals surface area contributed by atoms with Crippen molar-refractivity contribution in [2.45, 2.75) is 5.75 Å². The molecular formula is C9H14N2OS. The topological polar surface area (TPSA) is 58.3 Å². The Hall–Kier alpha value is -0.710. The summed E-state index contributed by atoms with van der Waals surface area (Å²) in [6.45, 7) is 0.800. The molecule has 0 amide bonds. The molecule has 0 aliphatic heterocycles. The van der Waals surface area contributed by atoms with E-state index in [9.17, 15) is 0 Å². The van der Waals surface area contributed by atoms with Gasteiger partial charge in [0.15, 0.2) is 0 Å². The van der Waals surface area contributed by atoms with E-state index >= 15 is 0 Å². The van der Waals surface area contributed by atoms with E-state index in [0.29, 0.717) is 6.54 Å². The number of nitrogens with one attached hydrogen (secondary N) is 1. The van der Waals surface area contributed by atoms with Gasteiger partial charge in [-0.2, -0.15) is 0 Å². The molecule has 1 aromatic rings. The SMILES string of the molecule is Nc1ccc(CSNCCO)cc1. The van der Waals surface area contributed by atoms with Crippen molar-refractivity contribution in [2.24, 2.45) is 0 Å². The monoisotopic (exact) mass is 198 g/mol. The lowest BCUT2D eigenvalue weighted by atomic mass is 10.2. The van der Waals surface area contributed by atoms with Crippen LogP contribution in [-0.4, -0.2) is 18.3 Å². The van der Waals surface area contributed by atoms with E-state index in [2.05, 4.69) is 4.72 Å². The zero-order chi connectivity index (χ0) is 9.52. The number of hydrogen-bond acceptors (Lipinski definition) is 4. The summed E-state index contributed by atoms with van der Waals surface area (Å²) < 4.78 is 3.03. The van der Waals surface area contributed by atoms with Crippen LogP contribution in [0, 0.1) is 0 Å². The second kappa shape index (κ2) is 5.85. The molecule has 72 valence electrons. The molecule has 0 heterocycles. The Balaban J connectivity index is 2.25. The number of anilines is 1. The number of rotatable bonds is 5. The van der Waals surface area contributed by atoms with Crippen LogP contribution in [0.25, 0.3) is 0 Å². The minimum Gasteiger partial charge on any atom is -0.399 e. The first-order valence-electron chi connectivity index (χ1n) is 4.13. The van der Waals surface area contributed by atoms with Gasteiger partial charge in [-0.3, -0.25) is 4.72 Å². The van der Waals surface area contributed by atoms with Crippen LogP contribution in [0.3, 0.4) is 0 Å². The molecule has 0 saturated heterocycles. The third kappa shape index (κ3) is 4.17. The van der Waals surface area contributed by atoms with Crippen molar-refractivity contribution in [3.05, 3.63) is 29.8 Å². The third-order valence-corrected chi connectivity index (χ3v) is 2.42. The predicted molar refractivity (Wildman–Crippen MR) is 57.2 cm³/mol. The van der Waals surface area contributed by atoms with Gasteiger partial charge < -0.3 is 10.8 Å². The van der Waals surface area contributed by atoms with E-state index in [1.165, 1.54) is 5.56 Å². The molecule has 13 heavy (non-hydrogen) atoms. The van der Waals surface area contributed by atoms with Crippen LogP contribution in [0.15, 0.2) is 24.3 Å². The van der Waals surface area contributed by atoms with Crippen LogP contribution >= 0.6 is 11.9 Å². The van der Waals surface area contributed by atoms with E-state index < -0.39 is 0 Å². The van der Waals surface area contributed by atoms with Crippen LogP contribution in [0.2, 0.25) is 0 Å². The first kappa shape index (κ1) is 10.4. The second-order valence-electron chi connectivity index (χ2n) is 2.65. The lowest BCUT2D eigenvalue weighted by Gasteiger charge is -2.02. The molecule has 1 rings (SSSR count). The quantitative estimate of drug-likeness (QED) is 0.375. The highest BCUT2D eigenvalue weighted by molar-refractivity contribution is 7.96. The van der Waals surface area contributed by atoms with E-state index in [0.717, 1.165) is 11.4 Å². The predicted octanol–water partition coefficient (Wildman–Crippen LogP) is 0.999. The Labute approximate surface area is 82.5 Å². The maximum atomic E-state index is 8.51. The van der Waals surface area contributed by atoms with Gasteiger partial charge in [0, 0.05) is 18.0 Å². The molecule has 0 aliphatic rings. The zero-order valence-corrected chi connectivity index (χ0v) is 8.18. The highest BCUT2D eigenvalue weighted by Crippen LogP contribution is 2.10. The fourth-order valence-corrected chi connectivity index (χ4v) is 1.56. The maximum Gasteiger partial charge on any atom is 0.0565 e. The third-order valence-electron chi connectivity index (χ3n) is 1.53. The molecule has 0 unspecified atom stereocenters. The lowest BCUT2D eigenvalue weighted by Crippen LogP contribution is -2.09. The van der Waals surface area contributed by atoms with Gasteiger partial charge >= 0.3 is 0 Å². The van der Waals surface area contributed by atoms with E-state index in [1.54, 1.807) is 11.9 Å². The van der Waals surface area contributed by atoms with Gasteiger partial charge in [-0.15, -0.1) is 0 Å². The number of hydrogen-bond donors (Lipinski definition) is 3. The Morgan fingerprint density at radius 2 is 2.00 bits per heavy atom. The van der Waals surface area contributed by atoms with E-state index in [1.807, 2.05) is 24.3 Å². The van der Waals surface area contributed by atoms with Crippen molar-refractivity contribution in [1.29, 1.82) is 0 Å². The Bertz CT molecular complexity index is 238. The van der Waals surface area contributed by atoms with Crippen LogP contribution in [0.5, 0.6) is 0 Å². The molecule has 0 radical (unpaired) electrons. The molecule has 0 spiro atoms. The highest BCUT2D eigenvalue weighted by atomic mass is 32.2. The molecule has 0 aliphatic carbocycles. The van der Waals surface area contributed by atoms with Crippen molar-refractivity contribution >= 4 is 17.6 Å². The number of nitrogen functional groups attached to an aromatic ring is 1. The summed E-state index contributed by atoms with van der Waals surface area (Å²) in [5.41, 5.74) is 7.56. The number of nitrogens with two attached hydrogens (primary N) is 1. The lowest BCUT2D eigenvalue weighted by molar-refractivity contribution is 0.302. The summed E-state index contributed by atoms with van der Waals surface area (Å²) in [5.74, 6) is 0.889. The fraction of sp³-hybridized carbons (Fsp3) is 0.333.